The Hall–Kier alpha value is -1.88. The van der Waals surface area contributed by atoms with E-state index in [1.807, 2.05) is 18.2 Å². The van der Waals surface area contributed by atoms with Crippen molar-refractivity contribution >= 4 is 17.6 Å². The molecule has 1 saturated heterocycles. The zero-order valence-corrected chi connectivity index (χ0v) is 11.3. The van der Waals surface area contributed by atoms with Crippen molar-refractivity contribution in [1.82, 2.24) is 0 Å². The maximum absolute atomic E-state index is 12.1. The summed E-state index contributed by atoms with van der Waals surface area (Å²) < 4.78 is 5.44. The molecule has 0 bridgehead atoms. The van der Waals surface area contributed by atoms with Crippen molar-refractivity contribution in [2.24, 2.45) is 0 Å². The van der Waals surface area contributed by atoms with E-state index in [1.165, 1.54) is 0 Å². The third kappa shape index (κ3) is 4.06. The lowest BCUT2D eigenvalue weighted by atomic mass is 10.1. The molecule has 1 aromatic rings. The van der Waals surface area contributed by atoms with E-state index in [1.54, 1.807) is 6.07 Å². The summed E-state index contributed by atoms with van der Waals surface area (Å²) in [5.74, 6) is -0.991. The van der Waals surface area contributed by atoms with Gasteiger partial charge in [0.25, 0.3) is 5.91 Å². The predicted molar refractivity (Wildman–Crippen MR) is 74.6 cm³/mol. The van der Waals surface area contributed by atoms with E-state index < -0.39 is 12.1 Å². The highest BCUT2D eigenvalue weighted by Gasteiger charge is 2.22. The van der Waals surface area contributed by atoms with E-state index in [0.29, 0.717) is 18.7 Å². The van der Waals surface area contributed by atoms with Crippen LogP contribution in [0.15, 0.2) is 24.3 Å². The van der Waals surface area contributed by atoms with Crippen LogP contribution in [-0.4, -0.2) is 29.7 Å². The number of ether oxygens (including phenoxy) is 1. The molecule has 1 unspecified atom stereocenters. The first-order chi connectivity index (χ1) is 9.66. The van der Waals surface area contributed by atoms with Crippen molar-refractivity contribution in [1.29, 1.82) is 0 Å². The highest BCUT2D eigenvalue weighted by Crippen LogP contribution is 2.19. The molecule has 1 aliphatic rings. The quantitative estimate of drug-likeness (QED) is 0.865. The second kappa shape index (κ2) is 7.05. The zero-order valence-electron chi connectivity index (χ0n) is 11.3. The number of hydrogen-bond donors (Lipinski definition) is 2. The van der Waals surface area contributed by atoms with Crippen LogP contribution in [0.2, 0.25) is 0 Å². The fourth-order valence-electron chi connectivity index (χ4n) is 2.26. The summed E-state index contributed by atoms with van der Waals surface area (Å²) in [4.78, 5) is 22.8. The Morgan fingerprint density at radius 2 is 2.10 bits per heavy atom. The minimum Gasteiger partial charge on any atom is -0.481 e. The van der Waals surface area contributed by atoms with Gasteiger partial charge in [0.15, 0.2) is 0 Å². The number of amides is 1. The van der Waals surface area contributed by atoms with E-state index in [4.69, 9.17) is 9.84 Å². The van der Waals surface area contributed by atoms with Gasteiger partial charge in [-0.2, -0.15) is 0 Å². The summed E-state index contributed by atoms with van der Waals surface area (Å²) in [6.07, 6.45) is 2.79. The molecule has 0 aromatic heterocycles. The number of aliphatic carboxylic acids is 1. The summed E-state index contributed by atoms with van der Waals surface area (Å²) in [6, 6.07) is 7.28. The van der Waals surface area contributed by atoms with Crippen molar-refractivity contribution in [3.05, 3.63) is 29.8 Å². The summed E-state index contributed by atoms with van der Waals surface area (Å²) in [7, 11) is 0. The Balaban J connectivity index is 2.00. The monoisotopic (exact) mass is 277 g/mol. The molecule has 5 nitrogen and oxygen atoms in total. The molecule has 0 spiro atoms. The minimum atomic E-state index is -0.846. The van der Waals surface area contributed by atoms with Crippen molar-refractivity contribution < 1.29 is 19.4 Å². The number of aryl methyl sites for hydroxylation is 1. The highest BCUT2D eigenvalue weighted by molar-refractivity contribution is 5.94. The third-order valence-electron chi connectivity index (χ3n) is 3.36. The van der Waals surface area contributed by atoms with Crippen LogP contribution >= 0.6 is 0 Å². The van der Waals surface area contributed by atoms with Crippen LogP contribution in [-0.2, 0) is 20.7 Å². The number of rotatable bonds is 5. The molecule has 0 radical (unpaired) electrons. The maximum atomic E-state index is 12.1. The Morgan fingerprint density at radius 3 is 2.80 bits per heavy atom. The van der Waals surface area contributed by atoms with Crippen LogP contribution in [0.1, 0.15) is 31.2 Å². The van der Waals surface area contributed by atoms with Gasteiger partial charge in [0.2, 0.25) is 0 Å². The van der Waals surface area contributed by atoms with E-state index in [0.717, 1.165) is 24.8 Å². The molecule has 1 amide bonds. The first-order valence-electron chi connectivity index (χ1n) is 6.89. The SMILES string of the molecule is O=C(O)CCc1ccccc1NC(=O)C1CCCCO1. The standard InChI is InChI=1S/C15H19NO4/c17-14(18)9-8-11-5-1-2-6-12(11)16-15(19)13-7-3-4-10-20-13/h1-2,5-6,13H,3-4,7-10H2,(H,16,19)(H,17,18). The number of nitrogens with one attached hydrogen (secondary N) is 1. The molecule has 2 N–H and O–H groups in total. The van der Waals surface area contributed by atoms with E-state index in [2.05, 4.69) is 5.32 Å². The molecule has 1 atom stereocenters. The van der Waals surface area contributed by atoms with Gasteiger partial charge in [-0.15, -0.1) is 0 Å². The van der Waals surface area contributed by atoms with Gasteiger partial charge in [-0.3, -0.25) is 9.59 Å². The lowest BCUT2D eigenvalue weighted by Gasteiger charge is -2.22. The van der Waals surface area contributed by atoms with Crippen LogP contribution in [0.3, 0.4) is 0 Å². The van der Waals surface area contributed by atoms with Crippen molar-refractivity contribution in [2.75, 3.05) is 11.9 Å². The fraction of sp³-hybridized carbons (Fsp3) is 0.467. The van der Waals surface area contributed by atoms with E-state index >= 15 is 0 Å². The van der Waals surface area contributed by atoms with Gasteiger partial charge in [0.1, 0.15) is 6.10 Å². The lowest BCUT2D eigenvalue weighted by Crippen LogP contribution is -2.33. The topological polar surface area (TPSA) is 75.6 Å². The number of carboxylic acids is 1. The van der Waals surface area contributed by atoms with Gasteiger partial charge >= 0.3 is 5.97 Å². The summed E-state index contributed by atoms with van der Waals surface area (Å²) >= 11 is 0. The van der Waals surface area contributed by atoms with Crippen molar-refractivity contribution in [2.45, 2.75) is 38.2 Å². The molecule has 5 heteroatoms. The molecule has 20 heavy (non-hydrogen) atoms. The van der Waals surface area contributed by atoms with Crippen molar-refractivity contribution in [3.63, 3.8) is 0 Å². The molecular formula is C15H19NO4. The molecule has 2 rings (SSSR count). The van der Waals surface area contributed by atoms with E-state index in [-0.39, 0.29) is 12.3 Å². The number of carbonyl (C=O) groups excluding carboxylic acids is 1. The third-order valence-corrected chi connectivity index (χ3v) is 3.36. The number of carboxylic acid groups (broad SMARTS) is 1. The van der Waals surface area contributed by atoms with Gasteiger partial charge < -0.3 is 15.2 Å². The van der Waals surface area contributed by atoms with Gasteiger partial charge in [0.05, 0.1) is 0 Å². The fourth-order valence-corrected chi connectivity index (χ4v) is 2.26. The van der Waals surface area contributed by atoms with Crippen LogP contribution in [0.25, 0.3) is 0 Å². The number of carbonyl (C=O) groups is 2. The Bertz CT molecular complexity index is 481. The molecule has 1 heterocycles. The molecule has 1 aliphatic heterocycles. The largest absolute Gasteiger partial charge is 0.481 e. The second-order valence-corrected chi connectivity index (χ2v) is 4.90. The van der Waals surface area contributed by atoms with Gasteiger partial charge in [-0.25, -0.2) is 0 Å². The smallest absolute Gasteiger partial charge is 0.303 e. The Kier molecular flexibility index (Phi) is 5.12. The van der Waals surface area contributed by atoms with Gasteiger partial charge in [-0.1, -0.05) is 18.2 Å². The number of benzene rings is 1. The molecular weight excluding hydrogens is 258 g/mol. The van der Waals surface area contributed by atoms with Crippen molar-refractivity contribution in [3.8, 4) is 0 Å². The van der Waals surface area contributed by atoms with E-state index in [9.17, 15) is 9.59 Å². The molecule has 1 aromatic carbocycles. The lowest BCUT2D eigenvalue weighted by molar-refractivity contribution is -0.137. The molecule has 0 saturated carbocycles. The molecule has 1 fully saturated rings. The second-order valence-electron chi connectivity index (χ2n) is 4.90. The average molecular weight is 277 g/mol. The minimum absolute atomic E-state index is 0.0484. The van der Waals surface area contributed by atoms with Gasteiger partial charge in [-0.05, 0) is 37.3 Å². The van der Waals surface area contributed by atoms with Crippen LogP contribution in [0.4, 0.5) is 5.69 Å². The summed E-state index contributed by atoms with van der Waals surface area (Å²) in [5.41, 5.74) is 1.51. The normalized spacial score (nSPS) is 18.5. The molecule has 0 aliphatic carbocycles. The summed E-state index contributed by atoms with van der Waals surface area (Å²) in [5, 5.41) is 11.6. The van der Waals surface area contributed by atoms with Crippen LogP contribution in [0, 0.1) is 0 Å². The van der Waals surface area contributed by atoms with Crippen LogP contribution in [0.5, 0.6) is 0 Å². The van der Waals surface area contributed by atoms with Gasteiger partial charge in [0, 0.05) is 18.7 Å². The highest BCUT2D eigenvalue weighted by atomic mass is 16.5. The first-order valence-corrected chi connectivity index (χ1v) is 6.89. The first kappa shape index (κ1) is 14.5. The zero-order chi connectivity index (χ0) is 14.4. The number of anilines is 1. The molecule has 108 valence electrons. The number of para-hydroxylation sites is 1. The Labute approximate surface area is 117 Å². The predicted octanol–water partition coefficient (Wildman–Crippen LogP) is 2.21. The average Bonchev–Trinajstić information content (AvgIpc) is 2.47. The maximum Gasteiger partial charge on any atom is 0.303 e. The van der Waals surface area contributed by atoms with Crippen LogP contribution < -0.4 is 5.32 Å². The Morgan fingerprint density at radius 1 is 1.30 bits per heavy atom. The summed E-state index contributed by atoms with van der Waals surface area (Å²) in [6.45, 7) is 0.624. The number of hydrogen-bond acceptors (Lipinski definition) is 3.